The zero-order valence-corrected chi connectivity index (χ0v) is 19.3. The van der Waals surface area contributed by atoms with Gasteiger partial charge in [0.15, 0.2) is 0 Å². The van der Waals surface area contributed by atoms with Gasteiger partial charge in [0.25, 0.3) is 0 Å². The number of fused-ring (bicyclic) bond motifs is 6. The molecule has 0 unspecified atom stereocenters. The predicted molar refractivity (Wildman–Crippen MR) is 146 cm³/mol. The largest absolute Gasteiger partial charge is 0.265 e. The summed E-state index contributed by atoms with van der Waals surface area (Å²) in [5, 5.41) is 4.79. The second-order valence-corrected chi connectivity index (χ2v) is 8.71. The molecule has 5 aromatic rings. The minimum absolute atomic E-state index is 0.932. The third kappa shape index (κ3) is 3.15. The number of nitrogens with zero attached hydrogens (tertiary/aromatic N) is 1. The smallest absolute Gasteiger partial charge is 0.0491 e. The molecule has 1 aromatic heterocycles. The van der Waals surface area contributed by atoms with Crippen LogP contribution in [0.4, 0.5) is 0 Å². The van der Waals surface area contributed by atoms with E-state index in [1.807, 2.05) is 42.7 Å². The summed E-state index contributed by atoms with van der Waals surface area (Å²) in [6, 6.07) is 33.5. The molecule has 0 saturated carbocycles. The SMILES string of the molecule is C1=C=C(C2=C=C=C(c3c#cccc3)c3c2c2ccccc2c2ccccc32)C=C(c2ccncc2)C=1. The molecule has 1 heterocycles. The molecule has 162 valence electrons. The standard InChI is InChI=1S/C35H17N/c1-2-9-25(10-3-1)28-17-18-29(27-12-8-11-26(23-27)24-19-21-36-22-20-24)35-33-16-7-5-14-31(33)30-13-4-6-15-32(30)34(28)35/h1-2,4-7,9,11,13-16,19-23H. The second kappa shape index (κ2) is 8.18. The van der Waals surface area contributed by atoms with Gasteiger partial charge in [-0.2, -0.15) is 0 Å². The fourth-order valence-electron chi connectivity index (χ4n) is 5.08. The van der Waals surface area contributed by atoms with Gasteiger partial charge in [-0.25, -0.2) is 0 Å². The molecular weight excluding hydrogens is 434 g/mol. The van der Waals surface area contributed by atoms with Crippen molar-refractivity contribution in [2.24, 2.45) is 0 Å². The molecule has 1 heteroatoms. The van der Waals surface area contributed by atoms with Crippen LogP contribution >= 0.6 is 0 Å². The second-order valence-electron chi connectivity index (χ2n) is 8.71. The van der Waals surface area contributed by atoms with Gasteiger partial charge in [-0.1, -0.05) is 89.7 Å². The summed E-state index contributed by atoms with van der Waals surface area (Å²) in [5.74, 6) is 0. The highest BCUT2D eigenvalue weighted by Gasteiger charge is 2.24. The third-order valence-corrected chi connectivity index (χ3v) is 6.68. The van der Waals surface area contributed by atoms with Crippen LogP contribution in [0.3, 0.4) is 0 Å². The number of aromatic nitrogens is 1. The molecule has 1 nitrogen and oxygen atoms in total. The summed E-state index contributed by atoms with van der Waals surface area (Å²) in [7, 11) is 0. The number of allylic oxidation sites excluding steroid dienone is 5. The van der Waals surface area contributed by atoms with Gasteiger partial charge in [0.1, 0.15) is 0 Å². The number of pyridine rings is 1. The molecule has 36 heavy (non-hydrogen) atoms. The predicted octanol–water partition coefficient (Wildman–Crippen LogP) is 7.90. The molecule has 2 aliphatic rings. The Morgan fingerprint density at radius 2 is 1.28 bits per heavy atom. The maximum absolute atomic E-state index is 4.16. The molecule has 0 amide bonds. The van der Waals surface area contributed by atoms with Crippen LogP contribution in [0.1, 0.15) is 22.3 Å². The Bertz CT molecular complexity index is 1940. The van der Waals surface area contributed by atoms with Crippen molar-refractivity contribution >= 4 is 38.3 Å². The first-order chi connectivity index (χ1) is 17.9. The highest BCUT2D eigenvalue weighted by molar-refractivity contribution is 6.19. The Labute approximate surface area is 209 Å². The maximum Gasteiger partial charge on any atom is 0.0491 e. The summed E-state index contributed by atoms with van der Waals surface area (Å²) in [5.41, 5.74) is 21.8. The highest BCUT2D eigenvalue weighted by atomic mass is 14.6. The van der Waals surface area contributed by atoms with Crippen LogP contribution in [0, 0.1) is 12.1 Å². The van der Waals surface area contributed by atoms with Gasteiger partial charge in [-0.15, -0.1) is 0 Å². The molecule has 0 spiro atoms. The summed E-state index contributed by atoms with van der Waals surface area (Å²) in [6.07, 6.45) is 7.73. The minimum Gasteiger partial charge on any atom is -0.265 e. The van der Waals surface area contributed by atoms with Crippen molar-refractivity contribution in [2.75, 3.05) is 0 Å². The minimum atomic E-state index is 0.932. The van der Waals surface area contributed by atoms with Gasteiger partial charge in [-0.3, -0.25) is 4.98 Å². The molecule has 4 aromatic carbocycles. The molecule has 0 fully saturated rings. The highest BCUT2D eigenvalue weighted by Crippen LogP contribution is 2.44. The topological polar surface area (TPSA) is 12.9 Å². The monoisotopic (exact) mass is 451 g/mol. The van der Waals surface area contributed by atoms with E-state index in [9.17, 15) is 0 Å². The lowest BCUT2D eigenvalue weighted by Crippen LogP contribution is -2.02. The van der Waals surface area contributed by atoms with Crippen LogP contribution in [0.15, 0.2) is 132 Å². The quantitative estimate of drug-likeness (QED) is 0.201. The van der Waals surface area contributed by atoms with Crippen LogP contribution in [0.25, 0.3) is 38.3 Å². The number of hydrogen-bond acceptors (Lipinski definition) is 1. The van der Waals surface area contributed by atoms with E-state index >= 15 is 0 Å². The summed E-state index contributed by atoms with van der Waals surface area (Å²) >= 11 is 0. The van der Waals surface area contributed by atoms with E-state index in [0.717, 1.165) is 44.5 Å². The molecule has 0 aliphatic heterocycles. The van der Waals surface area contributed by atoms with Gasteiger partial charge < -0.3 is 0 Å². The molecular formula is C35H17N. The van der Waals surface area contributed by atoms with Crippen molar-refractivity contribution in [3.8, 4) is 0 Å². The molecule has 2 aliphatic carbocycles. The van der Waals surface area contributed by atoms with Crippen molar-refractivity contribution < 1.29 is 0 Å². The first kappa shape index (κ1) is 20.1. The van der Waals surface area contributed by atoms with Crippen LogP contribution < -0.4 is 0 Å². The molecule has 0 radical (unpaired) electrons. The Balaban J connectivity index is 1.60. The van der Waals surface area contributed by atoms with E-state index in [-0.39, 0.29) is 0 Å². The average molecular weight is 452 g/mol. The molecule has 0 N–H and O–H groups in total. The average Bonchev–Trinajstić information content (AvgIpc) is 2.97. The maximum atomic E-state index is 4.16. The van der Waals surface area contributed by atoms with Crippen molar-refractivity contribution in [2.45, 2.75) is 0 Å². The van der Waals surface area contributed by atoms with E-state index in [4.69, 9.17) is 0 Å². The summed E-state index contributed by atoms with van der Waals surface area (Å²) in [4.78, 5) is 4.16. The van der Waals surface area contributed by atoms with Crippen LogP contribution in [-0.2, 0) is 0 Å². The number of rotatable bonds is 3. The first-order valence-electron chi connectivity index (χ1n) is 11.8. The van der Waals surface area contributed by atoms with E-state index < -0.39 is 0 Å². The van der Waals surface area contributed by atoms with Crippen molar-refractivity contribution in [1.29, 1.82) is 0 Å². The van der Waals surface area contributed by atoms with Crippen LogP contribution in [0.5, 0.6) is 0 Å². The number of hydrogen-bond donors (Lipinski definition) is 0. The van der Waals surface area contributed by atoms with Crippen molar-refractivity contribution in [1.82, 2.24) is 4.98 Å². The van der Waals surface area contributed by atoms with E-state index in [1.54, 1.807) is 0 Å². The zero-order valence-electron chi connectivity index (χ0n) is 19.3. The Morgan fingerprint density at radius 1 is 0.611 bits per heavy atom. The Hall–Kier alpha value is -5.29. The summed E-state index contributed by atoms with van der Waals surface area (Å²) in [6.45, 7) is 0. The normalized spacial score (nSPS) is 13.6. The van der Waals surface area contributed by atoms with E-state index in [2.05, 4.69) is 101 Å². The van der Waals surface area contributed by atoms with Crippen molar-refractivity contribution in [3.63, 3.8) is 0 Å². The van der Waals surface area contributed by atoms with Gasteiger partial charge in [0.05, 0.1) is 0 Å². The van der Waals surface area contributed by atoms with Gasteiger partial charge in [0, 0.05) is 45.8 Å². The van der Waals surface area contributed by atoms with Crippen LogP contribution in [-0.4, -0.2) is 4.98 Å². The fourth-order valence-corrected chi connectivity index (χ4v) is 5.08. The molecule has 0 atom stereocenters. The molecule has 0 saturated heterocycles. The van der Waals surface area contributed by atoms with Crippen molar-refractivity contribution in [3.05, 3.63) is 166 Å². The zero-order chi connectivity index (χ0) is 23.9. The van der Waals surface area contributed by atoms with Crippen LogP contribution in [0.2, 0.25) is 0 Å². The molecule has 7 rings (SSSR count). The molecule has 0 bridgehead atoms. The lowest BCUT2D eigenvalue weighted by atomic mass is 9.79. The van der Waals surface area contributed by atoms with Gasteiger partial charge in [-0.05, 0) is 69.1 Å². The van der Waals surface area contributed by atoms with Gasteiger partial charge >= 0.3 is 0 Å². The third-order valence-electron chi connectivity index (χ3n) is 6.68. The summed E-state index contributed by atoms with van der Waals surface area (Å²) < 4.78 is 0. The Kier molecular flexibility index (Phi) is 4.57. The fraction of sp³-hybridized carbons (Fsp3) is 0. The Morgan fingerprint density at radius 3 is 1.97 bits per heavy atom. The lowest BCUT2D eigenvalue weighted by Gasteiger charge is -2.21. The lowest BCUT2D eigenvalue weighted by molar-refractivity contribution is 1.32. The van der Waals surface area contributed by atoms with E-state index in [1.165, 1.54) is 21.5 Å². The first-order valence-corrected chi connectivity index (χ1v) is 11.8. The number of benzene rings is 3. The van der Waals surface area contributed by atoms with E-state index in [0.29, 0.717) is 0 Å². The van der Waals surface area contributed by atoms with Gasteiger partial charge in [0.2, 0.25) is 0 Å².